The van der Waals surface area contributed by atoms with Crippen molar-refractivity contribution in [1.82, 2.24) is 29.9 Å². The minimum Gasteiger partial charge on any atom is -0.361 e. The van der Waals surface area contributed by atoms with E-state index in [0.717, 1.165) is 55.4 Å². The predicted octanol–water partition coefficient (Wildman–Crippen LogP) is 4.65. The molecule has 128 valence electrons. The molecule has 0 saturated carbocycles. The third-order valence-corrected chi connectivity index (χ3v) is 5.02. The maximum Gasteiger partial charge on any atom is 0.137 e. The van der Waals surface area contributed by atoms with Crippen LogP contribution in [0.25, 0.3) is 55.4 Å². The molecule has 6 rings (SSSR count). The van der Waals surface area contributed by atoms with Crippen molar-refractivity contribution in [3.63, 3.8) is 0 Å². The van der Waals surface area contributed by atoms with Gasteiger partial charge in [-0.3, -0.25) is 9.97 Å². The third kappa shape index (κ3) is 1.98. The molecule has 6 aromatic rings. The highest BCUT2D eigenvalue weighted by Crippen LogP contribution is 2.39. The van der Waals surface area contributed by atoms with Crippen LogP contribution in [0.4, 0.5) is 0 Å². The van der Waals surface area contributed by atoms with Crippen molar-refractivity contribution in [2.45, 2.75) is 0 Å². The highest BCUT2D eigenvalue weighted by atomic mass is 14.8. The third-order valence-electron chi connectivity index (χ3n) is 5.02. The molecular weight excluding hydrogens is 336 g/mol. The van der Waals surface area contributed by atoms with Crippen molar-refractivity contribution in [3.05, 3.63) is 67.5 Å². The largest absolute Gasteiger partial charge is 0.361 e. The van der Waals surface area contributed by atoms with Gasteiger partial charge in [-0.2, -0.15) is 0 Å². The Morgan fingerprint density at radius 3 is 2.41 bits per heavy atom. The topological polar surface area (TPSA) is 86.0 Å². The average Bonchev–Trinajstić information content (AvgIpc) is 3.45. The maximum atomic E-state index is 4.83. The van der Waals surface area contributed by atoms with Gasteiger partial charge < -0.3 is 15.0 Å². The molecule has 3 N–H and O–H groups in total. The van der Waals surface area contributed by atoms with E-state index in [2.05, 4.69) is 26.0 Å². The Bertz CT molecular complexity index is 1440. The Morgan fingerprint density at radius 2 is 1.44 bits per heavy atom. The molecule has 0 unspecified atom stereocenters. The molecule has 6 heterocycles. The predicted molar refractivity (Wildman–Crippen MR) is 106 cm³/mol. The smallest absolute Gasteiger partial charge is 0.137 e. The highest BCUT2D eigenvalue weighted by molar-refractivity contribution is 6.08. The van der Waals surface area contributed by atoms with Gasteiger partial charge in [-0.05, 0) is 30.3 Å². The van der Waals surface area contributed by atoms with E-state index < -0.39 is 0 Å². The number of nitrogens with zero attached hydrogens (tertiary/aromatic N) is 3. The van der Waals surface area contributed by atoms with Gasteiger partial charge in [0.2, 0.25) is 0 Å². The molecule has 0 radical (unpaired) electrons. The molecule has 6 aromatic heterocycles. The number of hydrogen-bond acceptors (Lipinski definition) is 3. The number of aromatic amines is 3. The molecule has 0 amide bonds. The van der Waals surface area contributed by atoms with Gasteiger partial charge in [-0.1, -0.05) is 0 Å². The van der Waals surface area contributed by atoms with Crippen LogP contribution in [-0.2, 0) is 0 Å². The van der Waals surface area contributed by atoms with Crippen molar-refractivity contribution in [1.29, 1.82) is 0 Å². The van der Waals surface area contributed by atoms with Crippen LogP contribution in [0, 0.1) is 0 Å². The molecule has 6 heteroatoms. The fourth-order valence-electron chi connectivity index (χ4n) is 3.80. The van der Waals surface area contributed by atoms with Crippen LogP contribution in [0.5, 0.6) is 0 Å². The van der Waals surface area contributed by atoms with E-state index in [0.29, 0.717) is 0 Å². The number of fused-ring (bicyclic) bond motifs is 3. The summed E-state index contributed by atoms with van der Waals surface area (Å²) in [6, 6.07) is 10.1. The Kier molecular flexibility index (Phi) is 2.79. The SMILES string of the molecule is c1cc2cc[nH]c2c(-c2c(-c3ccnc4[nH]ccc34)ncc3cc[nH]c23)n1. The average molecular weight is 350 g/mol. The van der Waals surface area contributed by atoms with Crippen LogP contribution in [0.3, 0.4) is 0 Å². The summed E-state index contributed by atoms with van der Waals surface area (Å²) in [6.45, 7) is 0. The second-order valence-corrected chi connectivity index (χ2v) is 6.49. The van der Waals surface area contributed by atoms with E-state index in [-0.39, 0.29) is 0 Å². The van der Waals surface area contributed by atoms with E-state index in [1.165, 1.54) is 0 Å². The molecule has 0 aromatic carbocycles. The number of rotatable bonds is 2. The standard InChI is InChI=1S/C21H14N6/c1-6-23-18-12(1)2-7-24-20(18)16-17-13(3-8-22-17)11-27-19(16)14-4-9-25-21-15(14)5-10-26-21/h1-11,22-23H,(H,25,26). The number of hydrogen-bond donors (Lipinski definition) is 3. The molecule has 0 aliphatic carbocycles. The van der Waals surface area contributed by atoms with Crippen molar-refractivity contribution in [2.24, 2.45) is 0 Å². The van der Waals surface area contributed by atoms with Gasteiger partial charge in [0.1, 0.15) is 5.65 Å². The monoisotopic (exact) mass is 350 g/mol. The summed E-state index contributed by atoms with van der Waals surface area (Å²) >= 11 is 0. The first kappa shape index (κ1) is 14.3. The van der Waals surface area contributed by atoms with E-state index >= 15 is 0 Å². The number of aromatic nitrogens is 6. The second kappa shape index (κ2) is 5.28. The lowest BCUT2D eigenvalue weighted by molar-refractivity contribution is 1.29. The van der Waals surface area contributed by atoms with Crippen LogP contribution in [0.2, 0.25) is 0 Å². The normalized spacial score (nSPS) is 11.7. The maximum absolute atomic E-state index is 4.83. The minimum absolute atomic E-state index is 0.845. The van der Waals surface area contributed by atoms with Gasteiger partial charge in [-0.15, -0.1) is 0 Å². The van der Waals surface area contributed by atoms with Crippen molar-refractivity contribution < 1.29 is 0 Å². The number of H-pyrrole nitrogens is 3. The lowest BCUT2D eigenvalue weighted by Gasteiger charge is -2.12. The first-order valence-corrected chi connectivity index (χ1v) is 8.71. The van der Waals surface area contributed by atoms with Crippen LogP contribution < -0.4 is 0 Å². The zero-order chi connectivity index (χ0) is 17.8. The molecule has 0 atom stereocenters. The van der Waals surface area contributed by atoms with E-state index in [1.807, 2.05) is 55.2 Å². The summed E-state index contributed by atoms with van der Waals surface area (Å²) in [5, 5.41) is 3.21. The molecule has 0 bridgehead atoms. The Morgan fingerprint density at radius 1 is 0.630 bits per heavy atom. The van der Waals surface area contributed by atoms with Gasteiger partial charge in [0.15, 0.2) is 0 Å². The lowest BCUT2D eigenvalue weighted by Crippen LogP contribution is -1.95. The van der Waals surface area contributed by atoms with Crippen LogP contribution >= 0.6 is 0 Å². The summed E-state index contributed by atoms with van der Waals surface area (Å²) in [7, 11) is 0. The van der Waals surface area contributed by atoms with Crippen LogP contribution in [0.15, 0.2) is 67.5 Å². The Labute approximate surface area is 153 Å². The first-order chi connectivity index (χ1) is 13.4. The summed E-state index contributed by atoms with van der Waals surface area (Å²) in [4.78, 5) is 23.8. The molecular formula is C21H14N6. The summed E-state index contributed by atoms with van der Waals surface area (Å²) in [6.07, 6.45) is 11.3. The summed E-state index contributed by atoms with van der Waals surface area (Å²) in [5.41, 5.74) is 6.65. The molecule has 27 heavy (non-hydrogen) atoms. The fraction of sp³-hybridized carbons (Fsp3) is 0. The molecule has 0 spiro atoms. The van der Waals surface area contributed by atoms with E-state index in [9.17, 15) is 0 Å². The zero-order valence-electron chi connectivity index (χ0n) is 14.2. The van der Waals surface area contributed by atoms with Gasteiger partial charge in [0, 0.05) is 58.9 Å². The van der Waals surface area contributed by atoms with Gasteiger partial charge >= 0.3 is 0 Å². The van der Waals surface area contributed by atoms with Crippen molar-refractivity contribution in [3.8, 4) is 22.5 Å². The zero-order valence-corrected chi connectivity index (χ0v) is 14.2. The quantitative estimate of drug-likeness (QED) is 0.425. The van der Waals surface area contributed by atoms with E-state index in [1.54, 1.807) is 6.20 Å². The number of pyridine rings is 3. The lowest BCUT2D eigenvalue weighted by atomic mass is 9.99. The first-order valence-electron chi connectivity index (χ1n) is 8.71. The van der Waals surface area contributed by atoms with Gasteiger partial charge in [0.25, 0.3) is 0 Å². The highest BCUT2D eigenvalue weighted by Gasteiger charge is 2.19. The van der Waals surface area contributed by atoms with E-state index in [4.69, 9.17) is 9.97 Å². The van der Waals surface area contributed by atoms with Gasteiger partial charge in [0.05, 0.1) is 28.0 Å². The summed E-state index contributed by atoms with van der Waals surface area (Å²) in [5.74, 6) is 0. The second-order valence-electron chi connectivity index (χ2n) is 6.49. The molecule has 0 aliphatic heterocycles. The Hall–Kier alpha value is -3.93. The van der Waals surface area contributed by atoms with Crippen molar-refractivity contribution in [2.75, 3.05) is 0 Å². The Balaban J connectivity index is 1.78. The number of nitrogens with one attached hydrogen (secondary N) is 3. The van der Waals surface area contributed by atoms with Gasteiger partial charge in [-0.25, -0.2) is 4.98 Å². The summed E-state index contributed by atoms with van der Waals surface area (Å²) < 4.78 is 0. The molecule has 0 aliphatic rings. The molecule has 0 saturated heterocycles. The fourth-order valence-corrected chi connectivity index (χ4v) is 3.80. The molecule has 0 fully saturated rings. The van der Waals surface area contributed by atoms with Crippen LogP contribution in [-0.4, -0.2) is 29.9 Å². The molecule has 6 nitrogen and oxygen atoms in total. The van der Waals surface area contributed by atoms with Crippen molar-refractivity contribution >= 4 is 32.8 Å². The van der Waals surface area contributed by atoms with Crippen LogP contribution in [0.1, 0.15) is 0 Å². The minimum atomic E-state index is 0.845.